The maximum Gasteiger partial charge on any atom is 0.229 e. The van der Waals surface area contributed by atoms with Gasteiger partial charge < -0.3 is 10.6 Å². The molecule has 6 heteroatoms. The highest BCUT2D eigenvalue weighted by atomic mass is 15.2. The topological polar surface area (TPSA) is 78.5 Å². The predicted molar refractivity (Wildman–Crippen MR) is 112 cm³/mol. The quantitative estimate of drug-likeness (QED) is 0.430. The molecule has 140 valence electrons. The molecule has 2 aromatic heterocycles. The standard InChI is InChI=1S/C22H22N6/c1-2-14-6-5-7-16(12-14)23-22-24-18-9-4-3-8-17(18)21(26-22)25-20-13-19(27-28-20)15-10-11-15/h3-9,12-13,15H,2,10-11H2,1H3,(H3,23,24,25,26,27,28). The van der Waals surface area contributed by atoms with Gasteiger partial charge in [0, 0.05) is 28.8 Å². The Balaban J connectivity index is 1.49. The van der Waals surface area contributed by atoms with Crippen LogP contribution in [-0.2, 0) is 6.42 Å². The summed E-state index contributed by atoms with van der Waals surface area (Å²) < 4.78 is 0. The van der Waals surface area contributed by atoms with Crippen LogP contribution in [-0.4, -0.2) is 20.2 Å². The van der Waals surface area contributed by atoms with Crippen molar-refractivity contribution < 1.29 is 0 Å². The fourth-order valence-corrected chi connectivity index (χ4v) is 3.35. The largest absolute Gasteiger partial charge is 0.324 e. The number of para-hydroxylation sites is 1. The average Bonchev–Trinajstić information content (AvgIpc) is 3.47. The summed E-state index contributed by atoms with van der Waals surface area (Å²) in [4.78, 5) is 9.41. The second-order valence-corrected chi connectivity index (χ2v) is 7.20. The number of fused-ring (bicyclic) bond motifs is 1. The summed E-state index contributed by atoms with van der Waals surface area (Å²) in [6.07, 6.45) is 3.47. The second-order valence-electron chi connectivity index (χ2n) is 7.20. The van der Waals surface area contributed by atoms with Gasteiger partial charge in [-0.25, -0.2) is 4.98 Å². The van der Waals surface area contributed by atoms with Crippen LogP contribution in [0.25, 0.3) is 10.9 Å². The van der Waals surface area contributed by atoms with Gasteiger partial charge in [0.1, 0.15) is 5.82 Å². The van der Waals surface area contributed by atoms with Crippen LogP contribution in [0.1, 0.15) is 36.9 Å². The molecule has 0 atom stereocenters. The van der Waals surface area contributed by atoms with Crippen LogP contribution in [0, 0.1) is 0 Å². The van der Waals surface area contributed by atoms with Crippen LogP contribution in [0.3, 0.4) is 0 Å². The van der Waals surface area contributed by atoms with Gasteiger partial charge in [-0.15, -0.1) is 0 Å². The van der Waals surface area contributed by atoms with Gasteiger partial charge in [-0.05, 0) is 49.1 Å². The molecule has 3 N–H and O–H groups in total. The SMILES string of the molecule is CCc1cccc(Nc2nc(Nc3cc(C4CC4)[nH]n3)c3ccccc3n2)c1. The van der Waals surface area contributed by atoms with Crippen LogP contribution in [0.15, 0.2) is 54.6 Å². The van der Waals surface area contributed by atoms with Crippen molar-refractivity contribution in [2.75, 3.05) is 10.6 Å². The number of nitrogens with zero attached hydrogens (tertiary/aromatic N) is 3. The van der Waals surface area contributed by atoms with Crippen LogP contribution in [0.5, 0.6) is 0 Å². The van der Waals surface area contributed by atoms with E-state index in [1.807, 2.05) is 36.4 Å². The molecule has 1 saturated carbocycles. The van der Waals surface area contributed by atoms with Gasteiger partial charge >= 0.3 is 0 Å². The fourth-order valence-electron chi connectivity index (χ4n) is 3.35. The van der Waals surface area contributed by atoms with E-state index in [1.54, 1.807) is 0 Å². The number of nitrogens with one attached hydrogen (secondary N) is 3. The zero-order chi connectivity index (χ0) is 18.9. The second kappa shape index (κ2) is 6.96. The van der Waals surface area contributed by atoms with Gasteiger partial charge in [0.25, 0.3) is 0 Å². The molecule has 0 saturated heterocycles. The Labute approximate surface area is 163 Å². The van der Waals surface area contributed by atoms with Crippen molar-refractivity contribution in [3.63, 3.8) is 0 Å². The first-order valence-corrected chi connectivity index (χ1v) is 9.73. The third kappa shape index (κ3) is 3.41. The van der Waals surface area contributed by atoms with E-state index in [0.29, 0.717) is 11.9 Å². The first-order valence-electron chi connectivity index (χ1n) is 9.73. The van der Waals surface area contributed by atoms with E-state index in [2.05, 4.69) is 50.9 Å². The van der Waals surface area contributed by atoms with Crippen LogP contribution >= 0.6 is 0 Å². The van der Waals surface area contributed by atoms with Gasteiger partial charge in [-0.3, -0.25) is 5.10 Å². The summed E-state index contributed by atoms with van der Waals surface area (Å²) in [5, 5.41) is 15.2. The minimum atomic E-state index is 0.562. The maximum absolute atomic E-state index is 4.73. The molecule has 2 aromatic carbocycles. The smallest absolute Gasteiger partial charge is 0.229 e. The monoisotopic (exact) mass is 370 g/mol. The molecule has 0 amide bonds. The predicted octanol–water partition coefficient (Wildman–Crippen LogP) is 5.28. The number of benzene rings is 2. The van der Waals surface area contributed by atoms with Crippen LogP contribution in [0.2, 0.25) is 0 Å². The lowest BCUT2D eigenvalue weighted by molar-refractivity contribution is 0.966. The average molecular weight is 370 g/mol. The summed E-state index contributed by atoms with van der Waals surface area (Å²) in [7, 11) is 0. The van der Waals surface area contributed by atoms with Gasteiger partial charge in [0.2, 0.25) is 5.95 Å². The Morgan fingerprint density at radius 1 is 1.00 bits per heavy atom. The lowest BCUT2D eigenvalue weighted by Crippen LogP contribution is -2.02. The van der Waals surface area contributed by atoms with Gasteiger partial charge in [-0.1, -0.05) is 31.2 Å². The molecule has 4 aromatic rings. The highest BCUT2D eigenvalue weighted by molar-refractivity contribution is 5.91. The van der Waals surface area contributed by atoms with Crippen molar-refractivity contribution in [3.8, 4) is 0 Å². The molecule has 0 radical (unpaired) electrons. The minimum Gasteiger partial charge on any atom is -0.324 e. The molecule has 0 spiro atoms. The zero-order valence-corrected chi connectivity index (χ0v) is 15.7. The van der Waals surface area contributed by atoms with Crippen molar-refractivity contribution in [2.45, 2.75) is 32.1 Å². The summed E-state index contributed by atoms with van der Waals surface area (Å²) in [6, 6.07) is 18.4. The number of anilines is 4. The van der Waals surface area contributed by atoms with Crippen LogP contribution in [0.4, 0.5) is 23.3 Å². The molecule has 0 unspecified atom stereocenters. The van der Waals surface area contributed by atoms with E-state index in [9.17, 15) is 0 Å². The summed E-state index contributed by atoms with van der Waals surface area (Å²) in [6.45, 7) is 2.15. The molecule has 5 rings (SSSR count). The fraction of sp³-hybridized carbons (Fsp3) is 0.227. The van der Waals surface area contributed by atoms with E-state index in [0.717, 1.165) is 34.6 Å². The zero-order valence-electron chi connectivity index (χ0n) is 15.7. The van der Waals surface area contributed by atoms with Gasteiger partial charge in [-0.2, -0.15) is 10.1 Å². The van der Waals surface area contributed by atoms with E-state index in [-0.39, 0.29) is 0 Å². The number of rotatable bonds is 6. The van der Waals surface area contributed by atoms with E-state index >= 15 is 0 Å². The van der Waals surface area contributed by atoms with Crippen LogP contribution < -0.4 is 10.6 Å². The molecule has 6 nitrogen and oxygen atoms in total. The Hall–Kier alpha value is -3.41. The molecule has 2 heterocycles. The number of hydrogen-bond donors (Lipinski definition) is 3. The third-order valence-corrected chi connectivity index (χ3v) is 5.06. The molecular formula is C22H22N6. The molecule has 1 aliphatic carbocycles. The molecule has 1 fully saturated rings. The van der Waals surface area contributed by atoms with Crippen molar-refractivity contribution >= 4 is 34.2 Å². The number of aromatic nitrogens is 4. The highest BCUT2D eigenvalue weighted by Crippen LogP contribution is 2.39. The number of H-pyrrole nitrogens is 1. The lowest BCUT2D eigenvalue weighted by atomic mass is 10.1. The first-order chi connectivity index (χ1) is 13.8. The Morgan fingerprint density at radius 2 is 1.89 bits per heavy atom. The van der Waals surface area contributed by atoms with Gasteiger partial charge in [0.15, 0.2) is 5.82 Å². The maximum atomic E-state index is 4.73. The normalized spacial score (nSPS) is 13.6. The van der Waals surface area contributed by atoms with E-state index < -0.39 is 0 Å². The number of aryl methyl sites for hydroxylation is 1. The van der Waals surface area contributed by atoms with Crippen molar-refractivity contribution in [2.24, 2.45) is 0 Å². The highest BCUT2D eigenvalue weighted by Gasteiger charge is 2.25. The Kier molecular flexibility index (Phi) is 4.16. The summed E-state index contributed by atoms with van der Waals surface area (Å²) in [5.74, 6) is 2.72. The van der Waals surface area contributed by atoms with E-state index in [4.69, 9.17) is 4.98 Å². The van der Waals surface area contributed by atoms with E-state index in [1.165, 1.54) is 24.1 Å². The van der Waals surface area contributed by atoms with Gasteiger partial charge in [0.05, 0.1) is 5.52 Å². The number of hydrogen-bond acceptors (Lipinski definition) is 5. The Bertz CT molecular complexity index is 1130. The number of aromatic amines is 1. The van der Waals surface area contributed by atoms with Crippen molar-refractivity contribution in [3.05, 3.63) is 65.9 Å². The molecule has 0 aliphatic heterocycles. The van der Waals surface area contributed by atoms with Crippen molar-refractivity contribution in [1.82, 2.24) is 20.2 Å². The Morgan fingerprint density at radius 3 is 2.75 bits per heavy atom. The molecule has 28 heavy (non-hydrogen) atoms. The lowest BCUT2D eigenvalue weighted by Gasteiger charge is -2.11. The third-order valence-electron chi connectivity index (χ3n) is 5.06. The molecular weight excluding hydrogens is 348 g/mol. The first kappa shape index (κ1) is 16.7. The summed E-state index contributed by atoms with van der Waals surface area (Å²) in [5.41, 5.74) is 4.33. The van der Waals surface area contributed by atoms with Crippen molar-refractivity contribution in [1.29, 1.82) is 0 Å². The summed E-state index contributed by atoms with van der Waals surface area (Å²) >= 11 is 0. The minimum absolute atomic E-state index is 0.562. The molecule has 0 bridgehead atoms. The molecule has 1 aliphatic rings.